The molecule has 1 aliphatic rings. The van der Waals surface area contributed by atoms with E-state index in [-0.39, 0.29) is 29.7 Å². The number of aromatic amines is 1. The van der Waals surface area contributed by atoms with Crippen molar-refractivity contribution in [2.75, 3.05) is 13.1 Å². The molecular weight excluding hydrogens is 376 g/mol. The molecule has 148 valence electrons. The lowest BCUT2D eigenvalue weighted by Gasteiger charge is -2.30. The summed E-state index contributed by atoms with van der Waals surface area (Å²) in [5, 5.41) is 0.546. The number of carbonyl (C=O) groups excluding carboxylic acids is 2. The molecule has 1 saturated heterocycles. The molecule has 3 rings (SSSR count). The summed E-state index contributed by atoms with van der Waals surface area (Å²) in [7, 11) is 0. The highest BCUT2D eigenvalue weighted by Crippen LogP contribution is 2.20. The van der Waals surface area contributed by atoms with Crippen molar-refractivity contribution < 1.29 is 9.59 Å². The standard InChI is InChI=1S/C20H24N4O3S/c1-13-16(11-17(25)24-9-7-15(8-10-24)18(21)26)19(27)23-20(22-13)28-12-14-5-3-2-4-6-14/h2-6,15H,7-12H2,1H3,(H2,21,26)(H,22,23,27). The van der Waals surface area contributed by atoms with Gasteiger partial charge in [0.15, 0.2) is 5.16 Å². The van der Waals surface area contributed by atoms with Gasteiger partial charge in [0, 0.05) is 36.0 Å². The monoisotopic (exact) mass is 400 g/mol. The molecule has 2 amide bonds. The third kappa shape index (κ3) is 5.01. The third-order valence-corrected chi connectivity index (χ3v) is 5.94. The molecule has 1 fully saturated rings. The average Bonchev–Trinajstić information content (AvgIpc) is 2.70. The van der Waals surface area contributed by atoms with Gasteiger partial charge in [0.25, 0.3) is 5.56 Å². The first-order chi connectivity index (χ1) is 13.4. The van der Waals surface area contributed by atoms with Gasteiger partial charge in [-0.25, -0.2) is 4.98 Å². The molecule has 0 bridgehead atoms. The molecule has 3 N–H and O–H groups in total. The Labute approximate surface area is 167 Å². The number of carbonyl (C=O) groups is 2. The topological polar surface area (TPSA) is 109 Å². The second-order valence-corrected chi connectivity index (χ2v) is 7.91. The fourth-order valence-corrected chi connectivity index (χ4v) is 4.13. The number of nitrogens with two attached hydrogens (primary N) is 1. The minimum Gasteiger partial charge on any atom is -0.369 e. The Morgan fingerprint density at radius 2 is 1.93 bits per heavy atom. The Kier molecular flexibility index (Phi) is 6.51. The number of hydrogen-bond donors (Lipinski definition) is 2. The molecule has 0 atom stereocenters. The largest absolute Gasteiger partial charge is 0.369 e. The summed E-state index contributed by atoms with van der Waals surface area (Å²) in [6.07, 6.45) is 1.16. The van der Waals surface area contributed by atoms with Crippen LogP contribution in [0.15, 0.2) is 40.3 Å². The summed E-state index contributed by atoms with van der Waals surface area (Å²) in [4.78, 5) is 45.2. The van der Waals surface area contributed by atoms with Crippen LogP contribution < -0.4 is 11.3 Å². The molecule has 1 aromatic heterocycles. The molecule has 0 saturated carbocycles. The number of hydrogen-bond acceptors (Lipinski definition) is 5. The molecule has 2 heterocycles. The number of aromatic nitrogens is 2. The number of rotatable bonds is 6. The van der Waals surface area contributed by atoms with Gasteiger partial charge in [0.1, 0.15) is 0 Å². The van der Waals surface area contributed by atoms with E-state index in [9.17, 15) is 14.4 Å². The molecule has 8 heteroatoms. The van der Waals surface area contributed by atoms with Gasteiger partial charge in [-0.15, -0.1) is 0 Å². The minimum atomic E-state index is -0.313. The van der Waals surface area contributed by atoms with Crippen molar-refractivity contribution in [3.8, 4) is 0 Å². The summed E-state index contributed by atoms with van der Waals surface area (Å²) in [6, 6.07) is 9.94. The molecular formula is C20H24N4O3S. The number of H-pyrrole nitrogens is 1. The lowest BCUT2D eigenvalue weighted by Crippen LogP contribution is -2.43. The molecule has 2 aromatic rings. The van der Waals surface area contributed by atoms with Gasteiger partial charge in [0.05, 0.1) is 6.42 Å². The van der Waals surface area contributed by atoms with Crippen molar-refractivity contribution in [1.29, 1.82) is 0 Å². The van der Waals surface area contributed by atoms with Crippen LogP contribution in [0.1, 0.15) is 29.7 Å². The average molecular weight is 401 g/mol. The predicted octanol–water partition coefficient (Wildman–Crippen LogP) is 1.64. The fourth-order valence-electron chi connectivity index (χ4n) is 3.26. The zero-order valence-corrected chi connectivity index (χ0v) is 16.6. The number of likely N-dealkylation sites (tertiary alicyclic amines) is 1. The van der Waals surface area contributed by atoms with Gasteiger partial charge in [-0.05, 0) is 25.3 Å². The van der Waals surface area contributed by atoms with Crippen LogP contribution in [0, 0.1) is 12.8 Å². The first-order valence-electron chi connectivity index (χ1n) is 9.27. The normalized spacial score (nSPS) is 14.8. The summed E-state index contributed by atoms with van der Waals surface area (Å²) in [6.45, 7) is 2.73. The van der Waals surface area contributed by atoms with Crippen LogP contribution >= 0.6 is 11.8 Å². The maximum absolute atomic E-state index is 12.6. The number of piperidine rings is 1. The number of primary amides is 1. The highest BCUT2D eigenvalue weighted by Gasteiger charge is 2.26. The predicted molar refractivity (Wildman–Crippen MR) is 108 cm³/mol. The zero-order valence-electron chi connectivity index (χ0n) is 15.8. The molecule has 7 nitrogen and oxygen atoms in total. The Morgan fingerprint density at radius 1 is 1.25 bits per heavy atom. The molecule has 1 aliphatic heterocycles. The fraction of sp³-hybridized carbons (Fsp3) is 0.400. The zero-order chi connectivity index (χ0) is 20.1. The van der Waals surface area contributed by atoms with Crippen LogP contribution in [0.25, 0.3) is 0 Å². The highest BCUT2D eigenvalue weighted by molar-refractivity contribution is 7.98. The number of nitrogens with one attached hydrogen (secondary N) is 1. The van der Waals surface area contributed by atoms with E-state index >= 15 is 0 Å². The van der Waals surface area contributed by atoms with Crippen LogP contribution in [0.4, 0.5) is 0 Å². The Bertz CT molecular complexity index is 905. The van der Waals surface area contributed by atoms with Crippen molar-refractivity contribution in [3.63, 3.8) is 0 Å². The second kappa shape index (κ2) is 9.05. The van der Waals surface area contributed by atoms with Gasteiger partial charge in [-0.3, -0.25) is 14.4 Å². The van der Waals surface area contributed by atoms with Crippen LogP contribution in [0.3, 0.4) is 0 Å². The SMILES string of the molecule is Cc1nc(SCc2ccccc2)[nH]c(=O)c1CC(=O)N1CCC(C(N)=O)CC1. The van der Waals surface area contributed by atoms with Crippen LogP contribution in [0.2, 0.25) is 0 Å². The highest BCUT2D eigenvalue weighted by atomic mass is 32.2. The maximum atomic E-state index is 12.6. The molecule has 0 aliphatic carbocycles. The number of thioether (sulfide) groups is 1. The van der Waals surface area contributed by atoms with E-state index < -0.39 is 0 Å². The van der Waals surface area contributed by atoms with Crippen molar-refractivity contribution in [2.45, 2.75) is 37.1 Å². The van der Waals surface area contributed by atoms with Crippen LogP contribution in [-0.4, -0.2) is 39.8 Å². The van der Waals surface area contributed by atoms with E-state index in [4.69, 9.17) is 5.73 Å². The van der Waals surface area contributed by atoms with E-state index in [1.54, 1.807) is 11.8 Å². The molecule has 0 radical (unpaired) electrons. The van der Waals surface area contributed by atoms with Gasteiger partial charge < -0.3 is 15.6 Å². The summed E-state index contributed by atoms with van der Waals surface area (Å²) < 4.78 is 0. The Hall–Kier alpha value is -2.61. The molecule has 0 unspecified atom stereocenters. The third-order valence-electron chi connectivity index (χ3n) is 5.00. The first-order valence-corrected chi connectivity index (χ1v) is 10.3. The van der Waals surface area contributed by atoms with Gasteiger partial charge in [-0.1, -0.05) is 42.1 Å². The Balaban J connectivity index is 1.62. The van der Waals surface area contributed by atoms with Crippen molar-refractivity contribution in [3.05, 3.63) is 57.5 Å². The first kappa shape index (κ1) is 20.1. The summed E-state index contributed by atoms with van der Waals surface area (Å²) >= 11 is 1.45. The number of benzene rings is 1. The maximum Gasteiger partial charge on any atom is 0.255 e. The van der Waals surface area contributed by atoms with E-state index in [1.807, 2.05) is 30.3 Å². The van der Waals surface area contributed by atoms with Crippen LogP contribution in [0.5, 0.6) is 0 Å². The molecule has 1 aromatic carbocycles. The van der Waals surface area contributed by atoms with Gasteiger partial charge in [0.2, 0.25) is 11.8 Å². The smallest absolute Gasteiger partial charge is 0.255 e. The van der Waals surface area contributed by atoms with Gasteiger partial charge >= 0.3 is 0 Å². The Morgan fingerprint density at radius 3 is 2.54 bits per heavy atom. The second-order valence-electron chi connectivity index (χ2n) is 6.94. The number of nitrogens with zero attached hydrogens (tertiary/aromatic N) is 2. The minimum absolute atomic E-state index is 0.0129. The lowest BCUT2D eigenvalue weighted by atomic mass is 9.96. The van der Waals surface area contributed by atoms with E-state index in [2.05, 4.69) is 9.97 Å². The molecule has 28 heavy (non-hydrogen) atoms. The summed E-state index contributed by atoms with van der Waals surface area (Å²) in [5.74, 6) is 0.100. The van der Waals surface area contributed by atoms with Gasteiger partial charge in [-0.2, -0.15) is 0 Å². The number of aryl methyl sites for hydroxylation is 1. The van der Waals surface area contributed by atoms with Crippen molar-refractivity contribution in [2.24, 2.45) is 11.7 Å². The van der Waals surface area contributed by atoms with E-state index in [1.165, 1.54) is 11.8 Å². The van der Waals surface area contributed by atoms with E-state index in [0.717, 1.165) is 5.56 Å². The molecule has 0 spiro atoms. The van der Waals surface area contributed by atoms with E-state index in [0.29, 0.717) is 48.1 Å². The van der Waals surface area contributed by atoms with Crippen LogP contribution in [-0.2, 0) is 21.8 Å². The lowest BCUT2D eigenvalue weighted by molar-refractivity contribution is -0.134. The van der Waals surface area contributed by atoms with Crippen molar-refractivity contribution in [1.82, 2.24) is 14.9 Å². The van der Waals surface area contributed by atoms with Crippen molar-refractivity contribution >= 4 is 23.6 Å². The quantitative estimate of drug-likeness (QED) is 0.566. The number of amides is 2. The summed E-state index contributed by atoms with van der Waals surface area (Å²) in [5.41, 5.74) is 7.16.